The van der Waals surface area contributed by atoms with E-state index < -0.39 is 36.4 Å². The molecule has 7 heteroatoms. The molecule has 0 fully saturated rings. The fourth-order valence-corrected chi connectivity index (χ4v) is 1.09. The molecule has 0 rings (SSSR count). The minimum Gasteiger partial charge on any atom is -0.480 e. The molecular formula is C8H15N3O4. The third kappa shape index (κ3) is 3.94. The van der Waals surface area contributed by atoms with E-state index in [9.17, 15) is 14.4 Å². The van der Waals surface area contributed by atoms with Gasteiger partial charge in [-0.1, -0.05) is 0 Å². The first-order valence-electron chi connectivity index (χ1n) is 4.33. The number of carboxylic acids is 1. The molecule has 7 nitrogen and oxygen atoms in total. The van der Waals surface area contributed by atoms with E-state index in [1.165, 1.54) is 13.8 Å². The summed E-state index contributed by atoms with van der Waals surface area (Å²) in [6.45, 7) is 2.38. The Morgan fingerprint density at radius 2 is 1.47 bits per heavy atom. The van der Waals surface area contributed by atoms with Crippen molar-refractivity contribution in [3.05, 3.63) is 0 Å². The Morgan fingerprint density at radius 1 is 1.13 bits per heavy atom. The van der Waals surface area contributed by atoms with E-state index in [1.54, 1.807) is 0 Å². The first kappa shape index (κ1) is 13.4. The van der Waals surface area contributed by atoms with E-state index in [2.05, 4.69) is 0 Å². The van der Waals surface area contributed by atoms with Gasteiger partial charge in [-0.3, -0.25) is 19.3 Å². The molecule has 0 saturated heterocycles. The van der Waals surface area contributed by atoms with Crippen LogP contribution in [0.1, 0.15) is 13.8 Å². The summed E-state index contributed by atoms with van der Waals surface area (Å²) in [5.74, 6) is -2.56. The number of amides is 2. The van der Waals surface area contributed by atoms with Crippen LogP contribution in [0.5, 0.6) is 0 Å². The lowest BCUT2D eigenvalue weighted by atomic mass is 10.2. The normalized spacial score (nSPS) is 14.6. The molecule has 5 N–H and O–H groups in total. The molecule has 2 unspecified atom stereocenters. The second-order valence-electron chi connectivity index (χ2n) is 3.22. The van der Waals surface area contributed by atoms with Crippen LogP contribution in [0.4, 0.5) is 0 Å². The van der Waals surface area contributed by atoms with Gasteiger partial charge < -0.3 is 16.6 Å². The fraction of sp³-hybridized carbons (Fsp3) is 0.625. The predicted octanol–water partition coefficient (Wildman–Crippen LogP) is -1.88. The summed E-state index contributed by atoms with van der Waals surface area (Å²) >= 11 is 0. The summed E-state index contributed by atoms with van der Waals surface area (Å²) in [6.07, 6.45) is 0. The van der Waals surface area contributed by atoms with Gasteiger partial charge in [0.2, 0.25) is 11.8 Å². The average Bonchev–Trinajstić information content (AvgIpc) is 2.11. The van der Waals surface area contributed by atoms with Gasteiger partial charge in [-0.05, 0) is 13.8 Å². The standard InChI is InChI=1S/C8H15N3O4/c1-4(7(9)14)11(3-6(12)13)5(2)8(10)15/h4-5H,3H2,1-2H3,(H2,9,14)(H2,10,15)(H,12,13). The van der Waals surface area contributed by atoms with Crippen LogP contribution in [-0.4, -0.2) is 46.4 Å². The minimum absolute atomic E-state index is 0.464. The van der Waals surface area contributed by atoms with E-state index in [0.717, 1.165) is 4.90 Å². The van der Waals surface area contributed by atoms with Crippen LogP contribution in [0, 0.1) is 0 Å². The molecule has 0 aromatic rings. The van der Waals surface area contributed by atoms with Crippen molar-refractivity contribution in [1.29, 1.82) is 0 Å². The molecule has 86 valence electrons. The minimum atomic E-state index is -1.16. The maximum absolute atomic E-state index is 10.9. The molecular weight excluding hydrogens is 202 g/mol. The van der Waals surface area contributed by atoms with Crippen molar-refractivity contribution in [3.8, 4) is 0 Å². The zero-order valence-corrected chi connectivity index (χ0v) is 8.64. The molecule has 0 aromatic heterocycles. The summed E-state index contributed by atoms with van der Waals surface area (Å²) in [4.78, 5) is 33.4. The van der Waals surface area contributed by atoms with Crippen molar-refractivity contribution in [3.63, 3.8) is 0 Å². The van der Waals surface area contributed by atoms with Crippen LogP contribution >= 0.6 is 0 Å². The van der Waals surface area contributed by atoms with Gasteiger partial charge in [0.25, 0.3) is 0 Å². The molecule has 0 bridgehead atoms. The molecule has 15 heavy (non-hydrogen) atoms. The summed E-state index contributed by atoms with van der Waals surface area (Å²) < 4.78 is 0. The maximum Gasteiger partial charge on any atom is 0.317 e. The zero-order valence-electron chi connectivity index (χ0n) is 8.64. The largest absolute Gasteiger partial charge is 0.480 e. The summed E-state index contributed by atoms with van der Waals surface area (Å²) in [5.41, 5.74) is 10.0. The average molecular weight is 217 g/mol. The van der Waals surface area contributed by atoms with Gasteiger partial charge in [-0.2, -0.15) is 0 Å². The Kier molecular flexibility index (Phi) is 4.72. The highest BCUT2D eigenvalue weighted by Gasteiger charge is 2.28. The van der Waals surface area contributed by atoms with Gasteiger partial charge in [-0.25, -0.2) is 0 Å². The number of hydrogen-bond acceptors (Lipinski definition) is 4. The van der Waals surface area contributed by atoms with Crippen molar-refractivity contribution < 1.29 is 19.5 Å². The number of carboxylic acid groups (broad SMARTS) is 1. The number of carbonyl (C=O) groups excluding carboxylic acids is 2. The molecule has 0 saturated carbocycles. The predicted molar refractivity (Wildman–Crippen MR) is 51.7 cm³/mol. The molecule has 0 radical (unpaired) electrons. The third-order valence-corrected chi connectivity index (χ3v) is 2.14. The molecule has 0 spiro atoms. The molecule has 0 aromatic carbocycles. The molecule has 0 aliphatic heterocycles. The number of nitrogens with two attached hydrogens (primary N) is 2. The highest BCUT2D eigenvalue weighted by atomic mass is 16.4. The summed E-state index contributed by atoms with van der Waals surface area (Å²) in [5, 5.41) is 8.60. The fourth-order valence-electron chi connectivity index (χ4n) is 1.09. The molecule has 0 aliphatic rings. The first-order chi connectivity index (χ1) is 6.77. The number of rotatable bonds is 6. The van der Waals surface area contributed by atoms with Crippen LogP contribution in [0.15, 0.2) is 0 Å². The van der Waals surface area contributed by atoms with Crippen LogP contribution in [0.3, 0.4) is 0 Å². The van der Waals surface area contributed by atoms with Crippen LogP contribution in [-0.2, 0) is 14.4 Å². The van der Waals surface area contributed by atoms with Gasteiger partial charge in [-0.15, -0.1) is 0 Å². The highest BCUT2D eigenvalue weighted by Crippen LogP contribution is 2.04. The molecule has 2 atom stereocenters. The van der Waals surface area contributed by atoms with Crippen molar-refractivity contribution in [1.82, 2.24) is 4.90 Å². The number of primary amides is 2. The van der Waals surface area contributed by atoms with Gasteiger partial charge >= 0.3 is 5.97 Å². The lowest BCUT2D eigenvalue weighted by Gasteiger charge is -2.29. The van der Waals surface area contributed by atoms with E-state index >= 15 is 0 Å². The zero-order chi connectivity index (χ0) is 12.2. The number of aliphatic carboxylic acids is 1. The number of nitrogens with zero attached hydrogens (tertiary/aromatic N) is 1. The van der Waals surface area contributed by atoms with Crippen molar-refractivity contribution >= 4 is 17.8 Å². The third-order valence-electron chi connectivity index (χ3n) is 2.14. The second-order valence-corrected chi connectivity index (χ2v) is 3.22. The Hall–Kier alpha value is -1.63. The van der Waals surface area contributed by atoms with Gasteiger partial charge in [0.15, 0.2) is 0 Å². The lowest BCUT2D eigenvalue weighted by Crippen LogP contribution is -2.53. The summed E-state index contributed by atoms with van der Waals surface area (Å²) in [7, 11) is 0. The number of carbonyl (C=O) groups is 3. The van der Waals surface area contributed by atoms with E-state index in [0.29, 0.717) is 0 Å². The lowest BCUT2D eigenvalue weighted by molar-refractivity contribution is -0.141. The van der Waals surface area contributed by atoms with Crippen molar-refractivity contribution in [2.75, 3.05) is 6.54 Å². The van der Waals surface area contributed by atoms with Gasteiger partial charge in [0.05, 0.1) is 18.6 Å². The van der Waals surface area contributed by atoms with Gasteiger partial charge in [0, 0.05) is 0 Å². The molecule has 0 aliphatic carbocycles. The summed E-state index contributed by atoms with van der Waals surface area (Å²) in [6, 6.07) is -1.72. The van der Waals surface area contributed by atoms with Crippen LogP contribution < -0.4 is 11.5 Å². The van der Waals surface area contributed by atoms with Gasteiger partial charge in [0.1, 0.15) is 0 Å². The van der Waals surface area contributed by atoms with E-state index in [4.69, 9.17) is 16.6 Å². The Morgan fingerprint density at radius 3 is 1.67 bits per heavy atom. The van der Waals surface area contributed by atoms with Crippen LogP contribution in [0.25, 0.3) is 0 Å². The SMILES string of the molecule is CC(C(N)=O)N(CC(=O)O)C(C)C(N)=O. The second kappa shape index (κ2) is 5.30. The van der Waals surface area contributed by atoms with Crippen molar-refractivity contribution in [2.45, 2.75) is 25.9 Å². The number of hydrogen-bond donors (Lipinski definition) is 3. The molecule has 2 amide bonds. The van der Waals surface area contributed by atoms with E-state index in [-0.39, 0.29) is 0 Å². The quantitative estimate of drug-likeness (QED) is 0.480. The van der Waals surface area contributed by atoms with Crippen molar-refractivity contribution in [2.24, 2.45) is 11.5 Å². The highest BCUT2D eigenvalue weighted by molar-refractivity contribution is 5.84. The monoisotopic (exact) mass is 217 g/mol. The Bertz CT molecular complexity index is 259. The smallest absolute Gasteiger partial charge is 0.317 e. The Balaban J connectivity index is 4.79. The van der Waals surface area contributed by atoms with E-state index in [1.807, 2.05) is 0 Å². The molecule has 0 heterocycles. The first-order valence-corrected chi connectivity index (χ1v) is 4.33. The Labute approximate surface area is 87.0 Å². The maximum atomic E-state index is 10.9. The topological polar surface area (TPSA) is 127 Å². The van der Waals surface area contributed by atoms with Crippen LogP contribution in [0.2, 0.25) is 0 Å².